The van der Waals surface area contributed by atoms with Crippen molar-refractivity contribution in [2.45, 2.75) is 58.3 Å². The van der Waals surface area contributed by atoms with Crippen LogP contribution in [0.15, 0.2) is 24.3 Å². The van der Waals surface area contributed by atoms with Gasteiger partial charge in [-0.25, -0.2) is 0 Å². The number of para-hydroxylation sites is 1. The highest BCUT2D eigenvalue weighted by molar-refractivity contribution is 5.38. The average Bonchev–Trinajstić information content (AvgIpc) is 2.34. The van der Waals surface area contributed by atoms with Crippen LogP contribution in [0.25, 0.3) is 0 Å². The van der Waals surface area contributed by atoms with Gasteiger partial charge in [0.05, 0.1) is 5.60 Å². The Morgan fingerprint density at radius 3 is 2.75 bits per heavy atom. The molecule has 3 nitrogen and oxygen atoms in total. The quantitative estimate of drug-likeness (QED) is 0.890. The van der Waals surface area contributed by atoms with Gasteiger partial charge in [-0.2, -0.15) is 0 Å². The van der Waals surface area contributed by atoms with Gasteiger partial charge < -0.3 is 14.8 Å². The first-order chi connectivity index (χ1) is 9.33. The monoisotopic (exact) mass is 277 g/mol. The first kappa shape index (κ1) is 15.3. The maximum atomic E-state index is 6.06. The van der Waals surface area contributed by atoms with Crippen molar-refractivity contribution in [1.29, 1.82) is 0 Å². The molecule has 0 aliphatic carbocycles. The molecule has 112 valence electrons. The third kappa shape index (κ3) is 3.74. The summed E-state index contributed by atoms with van der Waals surface area (Å²) in [6.07, 6.45) is 0.965. The summed E-state index contributed by atoms with van der Waals surface area (Å²) in [5.41, 5.74) is 0.965. The van der Waals surface area contributed by atoms with Crippen LogP contribution in [0.5, 0.6) is 5.75 Å². The van der Waals surface area contributed by atoms with Gasteiger partial charge in [-0.3, -0.25) is 0 Å². The fourth-order valence-electron chi connectivity index (χ4n) is 2.80. The summed E-state index contributed by atoms with van der Waals surface area (Å²) >= 11 is 0. The van der Waals surface area contributed by atoms with E-state index < -0.39 is 0 Å². The number of fused-ring (bicyclic) bond motifs is 1. The molecule has 1 aliphatic rings. The van der Waals surface area contributed by atoms with E-state index in [4.69, 9.17) is 9.47 Å². The second-order valence-corrected chi connectivity index (χ2v) is 6.73. The highest BCUT2D eigenvalue weighted by Crippen LogP contribution is 2.39. The number of hydrogen-bond acceptors (Lipinski definition) is 3. The Morgan fingerprint density at radius 2 is 2.05 bits per heavy atom. The van der Waals surface area contributed by atoms with Crippen LogP contribution in [0.4, 0.5) is 0 Å². The van der Waals surface area contributed by atoms with Crippen molar-refractivity contribution in [2.24, 2.45) is 0 Å². The van der Waals surface area contributed by atoms with E-state index in [-0.39, 0.29) is 11.2 Å². The van der Waals surface area contributed by atoms with Crippen molar-refractivity contribution in [3.63, 3.8) is 0 Å². The summed E-state index contributed by atoms with van der Waals surface area (Å²) in [6.45, 7) is 12.1. The van der Waals surface area contributed by atoms with E-state index in [1.165, 1.54) is 5.56 Å². The minimum Gasteiger partial charge on any atom is -0.487 e. The summed E-state index contributed by atoms with van der Waals surface area (Å²) in [7, 11) is 0. The molecule has 0 fully saturated rings. The minimum atomic E-state index is -0.147. The fraction of sp³-hybridized carbons (Fsp3) is 0.647. The summed E-state index contributed by atoms with van der Waals surface area (Å²) in [5, 5.41) is 3.65. The van der Waals surface area contributed by atoms with Crippen molar-refractivity contribution >= 4 is 0 Å². The van der Waals surface area contributed by atoms with Crippen LogP contribution >= 0.6 is 0 Å². The molecule has 1 aromatic carbocycles. The van der Waals surface area contributed by atoms with Crippen LogP contribution in [-0.2, 0) is 4.74 Å². The highest BCUT2D eigenvalue weighted by Gasteiger charge is 2.34. The second kappa shape index (κ2) is 5.74. The van der Waals surface area contributed by atoms with Crippen LogP contribution in [0.1, 0.15) is 52.6 Å². The largest absolute Gasteiger partial charge is 0.487 e. The van der Waals surface area contributed by atoms with Gasteiger partial charge in [0.2, 0.25) is 0 Å². The van der Waals surface area contributed by atoms with Gasteiger partial charge in [-0.05, 0) is 40.7 Å². The number of benzene rings is 1. The predicted octanol–water partition coefficient (Wildman–Crippen LogP) is 3.69. The number of rotatable bonds is 5. The summed E-state index contributed by atoms with van der Waals surface area (Å²) < 4.78 is 11.8. The Bertz CT molecular complexity index is 454. The van der Waals surface area contributed by atoms with Crippen molar-refractivity contribution in [3.05, 3.63) is 29.8 Å². The zero-order valence-electron chi connectivity index (χ0n) is 13.3. The Balaban J connectivity index is 2.11. The second-order valence-electron chi connectivity index (χ2n) is 6.73. The first-order valence-electron chi connectivity index (χ1n) is 7.48. The lowest BCUT2D eigenvalue weighted by Gasteiger charge is -2.39. The van der Waals surface area contributed by atoms with Gasteiger partial charge in [0, 0.05) is 31.2 Å². The lowest BCUT2D eigenvalue weighted by Crippen LogP contribution is -2.44. The molecule has 1 aromatic rings. The maximum Gasteiger partial charge on any atom is 0.124 e. The zero-order valence-corrected chi connectivity index (χ0v) is 13.3. The molecule has 1 N–H and O–H groups in total. The predicted molar refractivity (Wildman–Crippen MR) is 82.2 cm³/mol. The zero-order chi connectivity index (χ0) is 14.8. The third-order valence-corrected chi connectivity index (χ3v) is 3.69. The van der Waals surface area contributed by atoms with Crippen LogP contribution in [0, 0.1) is 0 Å². The number of nitrogens with one attached hydrogen (secondary N) is 1. The molecule has 0 saturated carbocycles. The summed E-state index contributed by atoms with van der Waals surface area (Å²) in [6, 6.07) is 8.62. The van der Waals surface area contributed by atoms with Gasteiger partial charge >= 0.3 is 0 Å². The molecule has 0 saturated heterocycles. The standard InChI is InChI=1S/C17H27NO2/c1-6-19-17(4,5)12-18-14-11-16(2,3)20-15-10-8-7-9-13(14)15/h7-10,14,18H,6,11-12H2,1-5H3. The third-order valence-electron chi connectivity index (χ3n) is 3.69. The van der Waals surface area contributed by atoms with E-state index in [0.717, 1.165) is 25.3 Å². The first-order valence-corrected chi connectivity index (χ1v) is 7.48. The van der Waals surface area contributed by atoms with E-state index in [1.54, 1.807) is 0 Å². The van der Waals surface area contributed by atoms with Gasteiger partial charge in [0.25, 0.3) is 0 Å². The Labute approximate surface area is 122 Å². The minimum absolute atomic E-state index is 0.137. The lowest BCUT2D eigenvalue weighted by atomic mass is 9.89. The molecule has 2 rings (SSSR count). The lowest BCUT2D eigenvalue weighted by molar-refractivity contribution is -0.0146. The maximum absolute atomic E-state index is 6.06. The molecule has 1 heterocycles. The van der Waals surface area contributed by atoms with Crippen LogP contribution in [0.2, 0.25) is 0 Å². The molecule has 1 atom stereocenters. The molecule has 0 radical (unpaired) electrons. The fourth-order valence-corrected chi connectivity index (χ4v) is 2.80. The van der Waals surface area contributed by atoms with Gasteiger partial charge in [0.1, 0.15) is 11.4 Å². The molecule has 0 bridgehead atoms. The molecule has 1 aliphatic heterocycles. The highest BCUT2D eigenvalue weighted by atomic mass is 16.5. The Morgan fingerprint density at radius 1 is 1.35 bits per heavy atom. The van der Waals surface area contributed by atoms with Crippen LogP contribution < -0.4 is 10.1 Å². The van der Waals surface area contributed by atoms with Crippen molar-refractivity contribution in [2.75, 3.05) is 13.2 Å². The van der Waals surface area contributed by atoms with Crippen LogP contribution in [0.3, 0.4) is 0 Å². The SMILES string of the molecule is CCOC(C)(C)CNC1CC(C)(C)Oc2ccccc21. The molecule has 3 heteroatoms. The smallest absolute Gasteiger partial charge is 0.124 e. The van der Waals surface area contributed by atoms with Gasteiger partial charge in [0.15, 0.2) is 0 Å². The number of hydrogen-bond donors (Lipinski definition) is 1. The Hall–Kier alpha value is -1.06. The van der Waals surface area contributed by atoms with Gasteiger partial charge in [-0.15, -0.1) is 0 Å². The van der Waals surface area contributed by atoms with Crippen molar-refractivity contribution < 1.29 is 9.47 Å². The summed E-state index contributed by atoms with van der Waals surface area (Å²) in [4.78, 5) is 0. The molecule has 0 spiro atoms. The van der Waals surface area contributed by atoms with Crippen LogP contribution in [-0.4, -0.2) is 24.4 Å². The molecule has 1 unspecified atom stereocenters. The van der Waals surface area contributed by atoms with E-state index in [2.05, 4.69) is 51.2 Å². The molecule has 0 amide bonds. The summed E-state index contributed by atoms with van der Waals surface area (Å²) in [5.74, 6) is 0.996. The molecule has 0 aromatic heterocycles. The molecular formula is C17H27NO2. The molecular weight excluding hydrogens is 250 g/mol. The van der Waals surface area contributed by atoms with Gasteiger partial charge in [-0.1, -0.05) is 18.2 Å². The molecule has 20 heavy (non-hydrogen) atoms. The topological polar surface area (TPSA) is 30.5 Å². The van der Waals surface area contributed by atoms with E-state index in [0.29, 0.717) is 6.04 Å². The Kier molecular flexibility index (Phi) is 4.40. The normalized spacial score (nSPS) is 21.1. The van der Waals surface area contributed by atoms with Crippen molar-refractivity contribution in [1.82, 2.24) is 5.32 Å². The van der Waals surface area contributed by atoms with E-state index >= 15 is 0 Å². The van der Waals surface area contributed by atoms with E-state index in [1.807, 2.05) is 13.0 Å². The number of ether oxygens (including phenoxy) is 2. The van der Waals surface area contributed by atoms with Crippen molar-refractivity contribution in [3.8, 4) is 5.75 Å². The van der Waals surface area contributed by atoms with E-state index in [9.17, 15) is 0 Å². The average molecular weight is 277 g/mol.